The Morgan fingerprint density at radius 3 is 3.00 bits per heavy atom. The summed E-state index contributed by atoms with van der Waals surface area (Å²) < 4.78 is 1.51. The first-order valence-corrected chi connectivity index (χ1v) is 6.04. The van der Waals surface area contributed by atoms with E-state index >= 15 is 0 Å². The van der Waals surface area contributed by atoms with Gasteiger partial charge in [-0.05, 0) is 12.3 Å². The molecule has 0 aliphatic rings. The number of anilines is 1. The third kappa shape index (κ3) is 3.52. The monoisotopic (exact) mass is 243 g/mol. The molecule has 1 heterocycles. The average molecular weight is 244 g/mol. The van der Waals surface area contributed by atoms with E-state index in [0.717, 1.165) is 19.4 Å². The second-order valence-corrected chi connectivity index (χ2v) is 4.20. The third-order valence-corrected chi connectivity index (χ3v) is 2.89. The van der Waals surface area contributed by atoms with Gasteiger partial charge in [-0.15, -0.1) is 11.6 Å². The van der Waals surface area contributed by atoms with Gasteiger partial charge in [0.05, 0.1) is 0 Å². The Morgan fingerprint density at radius 2 is 2.38 bits per heavy atom. The zero-order chi connectivity index (χ0) is 12.0. The minimum atomic E-state index is -0.0942. The number of halogens is 1. The largest absolute Gasteiger partial charge is 0.365 e. The van der Waals surface area contributed by atoms with Gasteiger partial charge in [0, 0.05) is 31.9 Å². The topological polar surface area (TPSA) is 46.9 Å². The van der Waals surface area contributed by atoms with Crippen LogP contribution < -0.4 is 10.9 Å². The molecule has 1 unspecified atom stereocenters. The maximum Gasteiger partial charge on any atom is 0.293 e. The van der Waals surface area contributed by atoms with Crippen LogP contribution in [0.4, 0.5) is 5.82 Å². The molecule has 0 saturated carbocycles. The van der Waals surface area contributed by atoms with E-state index in [-0.39, 0.29) is 5.56 Å². The summed E-state index contributed by atoms with van der Waals surface area (Å²) in [5, 5.41) is 3.09. The first-order chi connectivity index (χ1) is 7.69. The minimum Gasteiger partial charge on any atom is -0.365 e. The summed E-state index contributed by atoms with van der Waals surface area (Å²) in [5.41, 5.74) is -0.0942. The zero-order valence-corrected chi connectivity index (χ0v) is 10.5. The molecule has 0 amide bonds. The number of nitrogens with zero attached hydrogens (tertiary/aromatic N) is 2. The molecule has 0 spiro atoms. The van der Waals surface area contributed by atoms with E-state index in [2.05, 4.69) is 17.2 Å². The van der Waals surface area contributed by atoms with Gasteiger partial charge in [0.15, 0.2) is 5.82 Å². The van der Waals surface area contributed by atoms with E-state index in [1.165, 1.54) is 4.57 Å². The summed E-state index contributed by atoms with van der Waals surface area (Å²) in [5.74, 6) is 1.56. The molecule has 4 nitrogen and oxygen atoms in total. The fourth-order valence-corrected chi connectivity index (χ4v) is 1.77. The molecule has 1 rings (SSSR count). The highest BCUT2D eigenvalue weighted by molar-refractivity contribution is 6.17. The highest BCUT2D eigenvalue weighted by Crippen LogP contribution is 2.09. The Labute approximate surface area is 101 Å². The van der Waals surface area contributed by atoms with E-state index < -0.39 is 0 Å². The zero-order valence-electron chi connectivity index (χ0n) is 9.74. The first kappa shape index (κ1) is 13.0. The molecular formula is C11H18ClN3O. The molecule has 0 aromatic carbocycles. The molecule has 0 aliphatic heterocycles. The molecule has 0 fully saturated rings. The van der Waals surface area contributed by atoms with Gasteiger partial charge >= 0.3 is 0 Å². The predicted molar refractivity (Wildman–Crippen MR) is 67.1 cm³/mol. The van der Waals surface area contributed by atoms with Crippen LogP contribution in [0.25, 0.3) is 0 Å². The van der Waals surface area contributed by atoms with Crippen molar-refractivity contribution in [1.29, 1.82) is 0 Å². The quantitative estimate of drug-likeness (QED) is 0.776. The second-order valence-electron chi connectivity index (χ2n) is 3.82. The van der Waals surface area contributed by atoms with Crippen LogP contribution >= 0.6 is 11.6 Å². The lowest BCUT2D eigenvalue weighted by Gasteiger charge is -2.14. The Bertz CT molecular complexity index is 378. The lowest BCUT2D eigenvalue weighted by atomic mass is 10.0. The first-order valence-electron chi connectivity index (χ1n) is 5.50. The van der Waals surface area contributed by atoms with Crippen LogP contribution in [0.2, 0.25) is 0 Å². The lowest BCUT2D eigenvalue weighted by Crippen LogP contribution is -2.24. The number of alkyl halides is 1. The van der Waals surface area contributed by atoms with Crippen LogP contribution in [-0.2, 0) is 7.05 Å². The van der Waals surface area contributed by atoms with E-state index in [9.17, 15) is 4.79 Å². The maximum atomic E-state index is 11.6. The number of rotatable bonds is 6. The molecule has 1 aromatic rings. The average Bonchev–Trinajstić information content (AvgIpc) is 2.29. The fraction of sp³-hybridized carbons (Fsp3) is 0.636. The molecule has 0 aliphatic carbocycles. The number of aryl methyl sites for hydroxylation is 1. The predicted octanol–water partition coefficient (Wildman–Crippen LogP) is 1.85. The van der Waals surface area contributed by atoms with Crippen molar-refractivity contribution in [3.63, 3.8) is 0 Å². The fourth-order valence-electron chi connectivity index (χ4n) is 1.46. The summed E-state index contributed by atoms with van der Waals surface area (Å²) in [7, 11) is 1.71. The molecule has 5 heteroatoms. The summed E-state index contributed by atoms with van der Waals surface area (Å²) in [6, 6.07) is 0. The smallest absolute Gasteiger partial charge is 0.293 e. The number of hydrogen-bond donors (Lipinski definition) is 1. The van der Waals surface area contributed by atoms with Crippen molar-refractivity contribution in [2.45, 2.75) is 19.8 Å². The van der Waals surface area contributed by atoms with Crippen molar-refractivity contribution in [3.05, 3.63) is 22.7 Å². The van der Waals surface area contributed by atoms with Gasteiger partial charge in [0.2, 0.25) is 0 Å². The van der Waals surface area contributed by atoms with Crippen molar-refractivity contribution in [2.75, 3.05) is 17.7 Å². The van der Waals surface area contributed by atoms with Crippen molar-refractivity contribution in [3.8, 4) is 0 Å². The molecule has 0 radical (unpaired) electrons. The maximum absolute atomic E-state index is 11.6. The lowest BCUT2D eigenvalue weighted by molar-refractivity contribution is 0.520. The van der Waals surface area contributed by atoms with Crippen molar-refractivity contribution in [1.82, 2.24) is 9.55 Å². The van der Waals surface area contributed by atoms with Gasteiger partial charge in [-0.3, -0.25) is 4.79 Å². The van der Waals surface area contributed by atoms with Crippen LogP contribution in [0.15, 0.2) is 17.2 Å². The van der Waals surface area contributed by atoms with Gasteiger partial charge < -0.3 is 9.88 Å². The highest BCUT2D eigenvalue weighted by Gasteiger charge is 2.07. The number of nitrogens with one attached hydrogen (secondary N) is 1. The third-order valence-electron chi connectivity index (χ3n) is 2.67. The van der Waals surface area contributed by atoms with E-state index in [0.29, 0.717) is 17.6 Å². The van der Waals surface area contributed by atoms with Crippen LogP contribution in [0.1, 0.15) is 19.8 Å². The summed E-state index contributed by atoms with van der Waals surface area (Å²) in [6.07, 6.45) is 5.26. The van der Waals surface area contributed by atoms with Crippen LogP contribution in [0.5, 0.6) is 0 Å². The Kier molecular flexibility index (Phi) is 5.32. The standard InChI is InChI=1S/C11H18ClN3O/c1-3-9(4-5-12)8-14-10-11(16)15(2)7-6-13-10/h6-7,9H,3-5,8H2,1-2H3,(H,13,14). The van der Waals surface area contributed by atoms with E-state index in [4.69, 9.17) is 11.6 Å². The molecule has 16 heavy (non-hydrogen) atoms. The van der Waals surface area contributed by atoms with Gasteiger partial charge in [-0.1, -0.05) is 13.3 Å². The molecule has 0 saturated heterocycles. The van der Waals surface area contributed by atoms with Gasteiger partial charge in [-0.25, -0.2) is 4.98 Å². The molecule has 90 valence electrons. The molecule has 1 atom stereocenters. The number of hydrogen-bond acceptors (Lipinski definition) is 3. The second kappa shape index (κ2) is 6.53. The Hall–Kier alpha value is -1.03. The van der Waals surface area contributed by atoms with Gasteiger partial charge in [0.1, 0.15) is 0 Å². The Balaban J connectivity index is 2.60. The normalized spacial score (nSPS) is 12.4. The van der Waals surface area contributed by atoms with Crippen LogP contribution in [-0.4, -0.2) is 22.0 Å². The molecule has 0 bridgehead atoms. The summed E-state index contributed by atoms with van der Waals surface area (Å²) >= 11 is 5.70. The van der Waals surface area contributed by atoms with Gasteiger partial charge in [0.25, 0.3) is 5.56 Å². The van der Waals surface area contributed by atoms with Crippen LogP contribution in [0.3, 0.4) is 0 Å². The van der Waals surface area contributed by atoms with Crippen LogP contribution in [0, 0.1) is 5.92 Å². The highest BCUT2D eigenvalue weighted by atomic mass is 35.5. The Morgan fingerprint density at radius 1 is 1.62 bits per heavy atom. The molecule has 1 aromatic heterocycles. The van der Waals surface area contributed by atoms with Crippen molar-refractivity contribution < 1.29 is 0 Å². The van der Waals surface area contributed by atoms with E-state index in [1.807, 2.05) is 0 Å². The summed E-state index contributed by atoms with van der Waals surface area (Å²) in [6.45, 7) is 2.87. The molecular weight excluding hydrogens is 226 g/mol. The van der Waals surface area contributed by atoms with Crippen molar-refractivity contribution in [2.24, 2.45) is 13.0 Å². The number of aromatic nitrogens is 2. The SMILES string of the molecule is CCC(CCCl)CNc1nccn(C)c1=O. The van der Waals surface area contributed by atoms with Gasteiger partial charge in [-0.2, -0.15) is 0 Å². The minimum absolute atomic E-state index is 0.0942. The van der Waals surface area contributed by atoms with E-state index in [1.54, 1.807) is 19.4 Å². The summed E-state index contributed by atoms with van der Waals surface area (Å²) in [4.78, 5) is 15.7. The molecule has 1 N–H and O–H groups in total. The van der Waals surface area contributed by atoms with Crippen molar-refractivity contribution >= 4 is 17.4 Å².